The molecule has 356 valence electrons. The van der Waals surface area contributed by atoms with Crippen molar-refractivity contribution in [3.05, 3.63) is 80.6 Å². The molecule has 5 aromatic rings. The number of aryl methyl sites for hydroxylation is 2. The molecule has 2 heterocycles. The van der Waals surface area contributed by atoms with E-state index in [0.717, 1.165) is 50.7 Å². The van der Waals surface area contributed by atoms with Gasteiger partial charge in [0, 0.05) is 72.9 Å². The molecule has 3 aromatic carbocycles. The Kier molecular flexibility index (Phi) is 12.2. The third-order valence-corrected chi connectivity index (χ3v) is 18.1. The number of unbranched alkanes of at least 4 members (excludes halogenated alkanes) is 2. The van der Waals surface area contributed by atoms with Crippen molar-refractivity contribution < 1.29 is 40.3 Å². The van der Waals surface area contributed by atoms with Gasteiger partial charge in [-0.25, -0.2) is 0 Å². The lowest BCUT2D eigenvalue weighted by molar-refractivity contribution is -0.132. The number of hydrogen-bond acceptors (Lipinski definition) is 9. The summed E-state index contributed by atoms with van der Waals surface area (Å²) in [7, 11) is -9.27. The lowest BCUT2D eigenvalue weighted by atomic mass is 9.47. The van der Waals surface area contributed by atoms with Crippen molar-refractivity contribution in [3.63, 3.8) is 0 Å². The van der Waals surface area contributed by atoms with Gasteiger partial charge in [0.1, 0.15) is 5.78 Å². The van der Waals surface area contributed by atoms with Gasteiger partial charge in [0.25, 0.3) is 20.2 Å². The number of carbonyl (C=O) groups is 3. The lowest BCUT2D eigenvalue weighted by Gasteiger charge is -2.57. The Labute approximate surface area is 388 Å². The van der Waals surface area contributed by atoms with Crippen LogP contribution in [0.3, 0.4) is 0 Å². The van der Waals surface area contributed by atoms with Gasteiger partial charge in [-0.3, -0.25) is 33.1 Å². The minimum atomic E-state index is -4.65. The molecule has 0 aliphatic heterocycles. The molecule has 0 saturated heterocycles. The van der Waals surface area contributed by atoms with Crippen LogP contribution in [0.25, 0.3) is 43.6 Å². The lowest BCUT2D eigenvalue weighted by Crippen LogP contribution is -2.51. The van der Waals surface area contributed by atoms with Crippen LogP contribution in [0, 0.1) is 34.5 Å². The highest BCUT2D eigenvalue weighted by Gasteiger charge is 2.59. The van der Waals surface area contributed by atoms with Crippen molar-refractivity contribution in [1.29, 1.82) is 0 Å². The number of aromatic nitrogens is 2. The number of pyridine rings is 2. The Morgan fingerprint density at radius 1 is 0.716 bits per heavy atom. The van der Waals surface area contributed by atoms with Crippen molar-refractivity contribution in [1.82, 2.24) is 19.8 Å². The predicted molar refractivity (Wildman–Crippen MR) is 255 cm³/mol. The maximum absolute atomic E-state index is 14.2. The Bertz CT molecular complexity index is 3300. The molecular formula is C50H58N4O11S2. The van der Waals surface area contributed by atoms with Gasteiger partial charge in [-0.1, -0.05) is 31.9 Å². The summed E-state index contributed by atoms with van der Waals surface area (Å²) in [6.45, 7) is 7.76. The van der Waals surface area contributed by atoms with E-state index in [1.54, 1.807) is 21.3 Å². The molecule has 0 radical (unpaired) electrons. The van der Waals surface area contributed by atoms with Crippen LogP contribution in [0.2, 0.25) is 0 Å². The summed E-state index contributed by atoms with van der Waals surface area (Å²) in [5, 5.41) is 6.53. The largest absolute Gasteiger partial charge is 0.354 e. The summed E-state index contributed by atoms with van der Waals surface area (Å²) in [6.07, 6.45) is 11.4. The molecule has 0 bridgehead atoms. The van der Waals surface area contributed by atoms with E-state index in [2.05, 4.69) is 30.6 Å². The molecule has 4 aliphatic carbocycles. The SMILES string of the molecule is CCn1c2ccc(S(=O)(=O)O)cc2c(=O)c2cc3c(cc21)c(=O)c1cc(S(=O)(=O)O)ccc1n3CCCCCC(=O)NCCNC(=O)C1CCC2C3CC=C4CC(=O)CCC4(C)C3CCC12C. The van der Waals surface area contributed by atoms with Gasteiger partial charge in [-0.2, -0.15) is 16.8 Å². The molecule has 67 heavy (non-hydrogen) atoms. The number of hydrogen-bond donors (Lipinski definition) is 4. The van der Waals surface area contributed by atoms with Crippen LogP contribution in [-0.4, -0.2) is 65.8 Å². The van der Waals surface area contributed by atoms with Gasteiger partial charge in [-0.05, 0) is 135 Å². The van der Waals surface area contributed by atoms with Gasteiger partial charge in [-0.15, -0.1) is 0 Å². The molecule has 0 spiro atoms. The topological polar surface area (TPSA) is 228 Å². The van der Waals surface area contributed by atoms with E-state index in [9.17, 15) is 49.9 Å². The number of nitrogens with zero attached hydrogens (tertiary/aromatic N) is 2. The average molecular weight is 955 g/mol. The first kappa shape index (κ1) is 46.9. The summed E-state index contributed by atoms with van der Waals surface area (Å²) in [4.78, 5) is 66.2. The second-order valence-electron chi connectivity index (χ2n) is 19.8. The van der Waals surface area contributed by atoms with Crippen molar-refractivity contribution in [2.45, 2.75) is 121 Å². The second-order valence-corrected chi connectivity index (χ2v) is 22.7. The van der Waals surface area contributed by atoms with Crippen molar-refractivity contribution >= 4 is 81.4 Å². The number of benzene rings is 3. The smallest absolute Gasteiger partial charge is 0.294 e. The number of ketones is 1. The fraction of sp³-hybridized carbons (Fsp3) is 0.500. The van der Waals surface area contributed by atoms with E-state index in [0.29, 0.717) is 104 Å². The van der Waals surface area contributed by atoms with E-state index >= 15 is 0 Å². The number of Topliss-reactive ketones (excluding diaryl/α,β-unsaturated/α-hetero) is 1. The molecular weight excluding hydrogens is 897 g/mol. The number of fused-ring (bicyclic) bond motifs is 9. The fourth-order valence-electron chi connectivity index (χ4n) is 12.9. The fourth-order valence-corrected chi connectivity index (χ4v) is 14.0. The van der Waals surface area contributed by atoms with Crippen LogP contribution in [0.15, 0.2) is 79.6 Å². The zero-order valence-corrected chi connectivity index (χ0v) is 39.7. The summed E-state index contributed by atoms with van der Waals surface area (Å²) < 4.78 is 71.4. The number of allylic oxidation sites excluding steroid dienone is 2. The van der Waals surface area contributed by atoms with E-state index < -0.39 is 40.9 Å². The number of amides is 2. The third-order valence-electron chi connectivity index (χ3n) is 16.4. The summed E-state index contributed by atoms with van der Waals surface area (Å²) in [6, 6.07) is 10.6. The minimum absolute atomic E-state index is 0.0418. The first-order valence-corrected chi connectivity index (χ1v) is 26.4. The normalized spacial score (nSPS) is 25.2. The number of carbonyl (C=O) groups excluding carboxylic acids is 3. The molecule has 3 saturated carbocycles. The molecule has 6 unspecified atom stereocenters. The van der Waals surface area contributed by atoms with Crippen LogP contribution in [0.4, 0.5) is 0 Å². The van der Waals surface area contributed by atoms with Gasteiger partial charge in [0.2, 0.25) is 11.8 Å². The van der Waals surface area contributed by atoms with E-state index in [1.807, 2.05) is 6.92 Å². The van der Waals surface area contributed by atoms with Crippen LogP contribution < -0.4 is 21.5 Å². The molecule has 3 fully saturated rings. The molecule has 15 nitrogen and oxygen atoms in total. The molecule has 4 aliphatic rings. The zero-order chi connectivity index (χ0) is 47.8. The summed E-state index contributed by atoms with van der Waals surface area (Å²) in [5.41, 5.74) is 1.84. The Morgan fingerprint density at radius 3 is 1.94 bits per heavy atom. The Hall–Kier alpha value is -5.23. The Morgan fingerprint density at radius 2 is 1.31 bits per heavy atom. The van der Waals surface area contributed by atoms with Crippen molar-refractivity contribution in [3.8, 4) is 0 Å². The monoisotopic (exact) mass is 954 g/mol. The van der Waals surface area contributed by atoms with Gasteiger partial charge in [0.15, 0.2) is 10.9 Å². The van der Waals surface area contributed by atoms with Crippen LogP contribution >= 0.6 is 0 Å². The second kappa shape index (κ2) is 17.4. The van der Waals surface area contributed by atoms with E-state index in [1.165, 1.54) is 29.8 Å². The standard InChI is InChI=1S/C50H58N4O11S2/c1-4-53-41-15-10-31(66(60,61)62)25-34(41)46(57)36-28-44-37(27-43(36)53)47(58)35-26-32(67(63,64)65)11-16-42(35)54(44)23-7-5-6-8-45(56)51-21-22-52-48(59)40-14-13-38-33-12-9-29-24-30(55)17-19-49(29,2)39(33)18-20-50(38,40)3/h9-11,15-16,25-28,33,38-40H,4-8,12-14,17-24H2,1-3H3,(H,51,56)(H,52,59)(H,60,61,62)(H,63,64,65). The van der Waals surface area contributed by atoms with Crippen LogP contribution in [0.1, 0.15) is 97.8 Å². The molecule has 17 heteroatoms. The van der Waals surface area contributed by atoms with Crippen molar-refractivity contribution in [2.24, 2.45) is 34.5 Å². The number of rotatable bonds is 13. The molecule has 6 atom stereocenters. The highest BCUT2D eigenvalue weighted by atomic mass is 32.2. The van der Waals surface area contributed by atoms with Crippen LogP contribution in [-0.2, 0) is 47.7 Å². The average Bonchev–Trinajstić information content (AvgIpc) is 3.65. The maximum Gasteiger partial charge on any atom is 0.294 e. The van der Waals surface area contributed by atoms with Gasteiger partial charge in [0.05, 0.1) is 31.9 Å². The number of nitrogens with one attached hydrogen (secondary N) is 2. The van der Waals surface area contributed by atoms with Gasteiger partial charge >= 0.3 is 0 Å². The highest BCUT2D eigenvalue weighted by molar-refractivity contribution is 7.86. The first-order valence-electron chi connectivity index (χ1n) is 23.6. The van der Waals surface area contributed by atoms with Gasteiger partial charge < -0.3 is 19.8 Å². The molecule has 4 N–H and O–H groups in total. The summed E-state index contributed by atoms with van der Waals surface area (Å²) in [5.74, 6) is 1.75. The molecule has 9 rings (SSSR count). The Balaban J connectivity index is 0.850. The van der Waals surface area contributed by atoms with E-state index in [-0.39, 0.29) is 56.5 Å². The highest BCUT2D eigenvalue weighted by Crippen LogP contribution is 2.66. The van der Waals surface area contributed by atoms with E-state index in [4.69, 9.17) is 0 Å². The molecule has 2 amide bonds. The van der Waals surface area contributed by atoms with Crippen LogP contribution in [0.5, 0.6) is 0 Å². The third kappa shape index (κ3) is 8.22. The predicted octanol–water partition coefficient (Wildman–Crippen LogP) is 7.08. The molecule has 2 aromatic heterocycles. The van der Waals surface area contributed by atoms with Crippen molar-refractivity contribution in [2.75, 3.05) is 13.1 Å². The first-order chi connectivity index (χ1) is 31.7. The maximum atomic E-state index is 14.2. The summed E-state index contributed by atoms with van der Waals surface area (Å²) >= 11 is 0. The minimum Gasteiger partial charge on any atom is -0.354 e. The quantitative estimate of drug-likeness (QED) is 0.0404. The zero-order valence-electron chi connectivity index (χ0n) is 38.1.